The van der Waals surface area contributed by atoms with Crippen molar-refractivity contribution in [2.24, 2.45) is 5.73 Å². The lowest BCUT2D eigenvalue weighted by Gasteiger charge is -2.34. The first kappa shape index (κ1) is 24.4. The second-order valence-corrected chi connectivity index (χ2v) is 12.9. The molecule has 2 fully saturated rings. The van der Waals surface area contributed by atoms with Crippen molar-refractivity contribution in [3.63, 3.8) is 0 Å². The van der Waals surface area contributed by atoms with E-state index in [9.17, 15) is 13.2 Å². The van der Waals surface area contributed by atoms with Gasteiger partial charge in [-0.1, -0.05) is 0 Å². The number of fused-ring (bicyclic) bond motifs is 4. The highest BCUT2D eigenvalue weighted by atomic mass is 32.2. The van der Waals surface area contributed by atoms with Crippen molar-refractivity contribution >= 4 is 50.2 Å². The van der Waals surface area contributed by atoms with Gasteiger partial charge in [0.25, 0.3) is 5.91 Å². The van der Waals surface area contributed by atoms with Crippen LogP contribution in [0.3, 0.4) is 0 Å². The number of aromatic nitrogens is 3. The number of thiophene rings is 1. The van der Waals surface area contributed by atoms with Gasteiger partial charge in [-0.25, -0.2) is 13.4 Å². The van der Waals surface area contributed by atoms with Crippen LogP contribution in [0.5, 0.6) is 0 Å². The average Bonchev–Trinajstić information content (AvgIpc) is 3.61. The molecule has 2 atom stereocenters. The van der Waals surface area contributed by atoms with Gasteiger partial charge < -0.3 is 20.4 Å². The molecule has 3 N–H and O–H groups in total. The molecule has 3 aliphatic heterocycles. The minimum absolute atomic E-state index is 0.0560. The monoisotopic (exact) mass is 544 g/mol. The first-order valence-electron chi connectivity index (χ1n) is 12.8. The Bertz CT molecular complexity index is 1430. The van der Waals surface area contributed by atoms with Crippen LogP contribution in [0.25, 0.3) is 5.65 Å². The third kappa shape index (κ3) is 4.64. The summed E-state index contributed by atoms with van der Waals surface area (Å²) in [5.41, 5.74) is 8.05. The van der Waals surface area contributed by atoms with Crippen molar-refractivity contribution in [1.29, 1.82) is 0 Å². The van der Waals surface area contributed by atoms with Crippen molar-refractivity contribution in [2.75, 3.05) is 53.5 Å². The maximum absolute atomic E-state index is 13.7. The van der Waals surface area contributed by atoms with Gasteiger partial charge in [0, 0.05) is 51.4 Å². The van der Waals surface area contributed by atoms with E-state index in [0.717, 1.165) is 56.1 Å². The second-order valence-electron chi connectivity index (χ2n) is 10.2. The molecular weight excluding hydrogens is 512 g/mol. The Kier molecular flexibility index (Phi) is 6.24. The molecule has 0 radical (unpaired) electrons. The number of anilines is 3. The van der Waals surface area contributed by atoms with Gasteiger partial charge in [0.15, 0.2) is 5.65 Å². The fourth-order valence-electron chi connectivity index (χ4n) is 5.55. The van der Waals surface area contributed by atoms with E-state index in [0.29, 0.717) is 35.7 Å². The number of carbonyl (C=O) groups excluding carboxylic acids is 1. The van der Waals surface area contributed by atoms with Crippen molar-refractivity contribution in [3.05, 3.63) is 34.2 Å². The van der Waals surface area contributed by atoms with Gasteiger partial charge >= 0.3 is 0 Å². The van der Waals surface area contributed by atoms with Crippen LogP contribution in [0.2, 0.25) is 0 Å². The molecule has 1 amide bonds. The van der Waals surface area contributed by atoms with Gasteiger partial charge in [0.05, 0.1) is 23.2 Å². The SMILES string of the molecule is CN1CCCS(=O)(=O)Nc2ccsc2C(=O)N2CCCCC2c2cc3nc(N4CCC(N)C4)cc1n3n2. The molecule has 3 aliphatic rings. The number of nitrogens with zero attached hydrogens (tertiary/aromatic N) is 6. The van der Waals surface area contributed by atoms with E-state index >= 15 is 0 Å². The normalized spacial score (nSPS) is 24.5. The number of nitrogens with one attached hydrogen (secondary N) is 1. The summed E-state index contributed by atoms with van der Waals surface area (Å²) >= 11 is 1.26. The summed E-state index contributed by atoms with van der Waals surface area (Å²) in [6.45, 7) is 2.69. The van der Waals surface area contributed by atoms with Crippen molar-refractivity contribution in [2.45, 2.75) is 44.2 Å². The van der Waals surface area contributed by atoms with Crippen LogP contribution in [0.4, 0.5) is 17.3 Å². The summed E-state index contributed by atoms with van der Waals surface area (Å²) in [5, 5.41) is 6.73. The summed E-state index contributed by atoms with van der Waals surface area (Å²) in [4.78, 5) is 25.2. The summed E-state index contributed by atoms with van der Waals surface area (Å²) in [7, 11) is -1.68. The van der Waals surface area contributed by atoms with Crippen molar-refractivity contribution < 1.29 is 13.2 Å². The number of carbonyl (C=O) groups is 1. The quantitative estimate of drug-likeness (QED) is 0.477. The highest BCUT2D eigenvalue weighted by Gasteiger charge is 2.34. The molecule has 11 nitrogen and oxygen atoms in total. The van der Waals surface area contributed by atoms with Crippen LogP contribution < -0.4 is 20.3 Å². The molecule has 3 aromatic heterocycles. The fourth-order valence-corrected chi connectivity index (χ4v) is 7.53. The number of piperidine rings is 1. The summed E-state index contributed by atoms with van der Waals surface area (Å²) in [6, 6.07) is 5.59. The highest BCUT2D eigenvalue weighted by molar-refractivity contribution is 7.92. The van der Waals surface area contributed by atoms with Gasteiger partial charge in [0.2, 0.25) is 10.0 Å². The number of rotatable bonds is 1. The third-order valence-electron chi connectivity index (χ3n) is 7.49. The maximum Gasteiger partial charge on any atom is 0.266 e. The van der Waals surface area contributed by atoms with E-state index in [-0.39, 0.29) is 23.7 Å². The number of sulfonamides is 1. The smallest absolute Gasteiger partial charge is 0.266 e. The van der Waals surface area contributed by atoms with E-state index < -0.39 is 10.0 Å². The molecule has 37 heavy (non-hydrogen) atoms. The van der Waals surface area contributed by atoms with Crippen LogP contribution in [-0.2, 0) is 10.0 Å². The predicted octanol–water partition coefficient (Wildman–Crippen LogP) is 2.28. The molecule has 198 valence electrons. The Labute approximate surface area is 220 Å². The Morgan fingerprint density at radius 1 is 1.14 bits per heavy atom. The van der Waals surface area contributed by atoms with Gasteiger partial charge in [-0.05, 0) is 43.6 Å². The van der Waals surface area contributed by atoms with E-state index in [4.69, 9.17) is 15.8 Å². The number of hydrogen-bond donors (Lipinski definition) is 2. The van der Waals surface area contributed by atoms with Crippen LogP contribution in [-0.4, -0.2) is 78.8 Å². The maximum atomic E-state index is 13.7. The lowest BCUT2D eigenvalue weighted by atomic mass is 9.99. The van der Waals surface area contributed by atoms with E-state index in [2.05, 4.69) is 9.62 Å². The molecule has 3 aromatic rings. The predicted molar refractivity (Wildman–Crippen MR) is 145 cm³/mol. The lowest BCUT2D eigenvalue weighted by Crippen LogP contribution is -2.38. The molecule has 2 bridgehead atoms. The largest absolute Gasteiger partial charge is 0.359 e. The standard InChI is InChI=1S/C24H32N8O3S2/c1-29-8-4-12-37(34,35)28-17-7-11-36-23(17)24(33)31-9-3-2-5-19(31)18-13-21-26-20(14-22(29)32(21)27-18)30-10-6-16(25)15-30/h7,11,13-14,16,19,28H,2-6,8-10,12,15,25H2,1H3. The molecule has 6 rings (SSSR count). The Balaban J connectivity index is 1.48. The topological polar surface area (TPSA) is 129 Å². The molecule has 6 heterocycles. The van der Waals surface area contributed by atoms with E-state index in [1.54, 1.807) is 11.4 Å². The fraction of sp³-hybridized carbons (Fsp3) is 0.542. The van der Waals surface area contributed by atoms with Gasteiger partial charge in [0.1, 0.15) is 16.5 Å². The van der Waals surface area contributed by atoms with E-state index in [1.807, 2.05) is 33.5 Å². The lowest BCUT2D eigenvalue weighted by molar-refractivity contribution is 0.0612. The zero-order valence-corrected chi connectivity index (χ0v) is 22.5. The van der Waals surface area contributed by atoms with Crippen molar-refractivity contribution in [1.82, 2.24) is 19.5 Å². The Hall–Kier alpha value is -2.90. The Morgan fingerprint density at radius 2 is 2.00 bits per heavy atom. The second kappa shape index (κ2) is 9.44. The molecule has 2 saturated heterocycles. The molecule has 0 aromatic carbocycles. The highest BCUT2D eigenvalue weighted by Crippen LogP contribution is 2.36. The zero-order valence-electron chi connectivity index (χ0n) is 20.8. The number of amides is 1. The first-order valence-corrected chi connectivity index (χ1v) is 15.3. The summed E-state index contributed by atoms with van der Waals surface area (Å²) in [5.74, 6) is 1.45. The molecule has 2 unspecified atom stereocenters. The van der Waals surface area contributed by atoms with Crippen molar-refractivity contribution in [3.8, 4) is 0 Å². The zero-order chi connectivity index (χ0) is 25.7. The molecular formula is C24H32N8O3S2. The average molecular weight is 545 g/mol. The van der Waals surface area contributed by atoms with E-state index in [1.165, 1.54) is 11.3 Å². The van der Waals surface area contributed by atoms with Gasteiger partial charge in [-0.3, -0.25) is 9.52 Å². The van der Waals surface area contributed by atoms with Crippen LogP contribution in [0.1, 0.15) is 53.5 Å². The number of nitrogens with two attached hydrogens (primary N) is 1. The minimum atomic E-state index is -3.62. The molecule has 0 saturated carbocycles. The molecule has 0 spiro atoms. The van der Waals surface area contributed by atoms with Gasteiger partial charge in [-0.2, -0.15) is 9.61 Å². The minimum Gasteiger partial charge on any atom is -0.359 e. The van der Waals surface area contributed by atoms with Crippen LogP contribution in [0.15, 0.2) is 23.6 Å². The molecule has 13 heteroatoms. The third-order valence-corrected chi connectivity index (χ3v) is 9.75. The van der Waals surface area contributed by atoms with Gasteiger partial charge in [-0.15, -0.1) is 11.3 Å². The number of hydrogen-bond acceptors (Lipinski definition) is 9. The summed E-state index contributed by atoms with van der Waals surface area (Å²) < 4.78 is 30.3. The Morgan fingerprint density at radius 3 is 2.81 bits per heavy atom. The van der Waals surface area contributed by atoms with Crippen LogP contribution in [0, 0.1) is 0 Å². The van der Waals surface area contributed by atoms with Crippen LogP contribution >= 0.6 is 11.3 Å². The summed E-state index contributed by atoms with van der Waals surface area (Å²) in [6.07, 6.45) is 4.01. The molecule has 0 aliphatic carbocycles. The first-order chi connectivity index (χ1) is 17.8.